The maximum atomic E-state index is 6.24. The van der Waals surface area contributed by atoms with E-state index in [0.29, 0.717) is 5.89 Å². The van der Waals surface area contributed by atoms with Crippen molar-refractivity contribution in [2.75, 3.05) is 0 Å². The number of aromatic nitrogens is 1. The zero-order chi connectivity index (χ0) is 17.0. The van der Waals surface area contributed by atoms with E-state index in [1.165, 1.54) is 38.6 Å². The van der Waals surface area contributed by atoms with Crippen molar-refractivity contribution in [2.45, 2.75) is 34.6 Å². The molecule has 1 heterocycles. The number of hydrogen-bond acceptors (Lipinski definition) is 2. The largest absolute Gasteiger partial charge is 0.436 e. The molecule has 0 saturated heterocycles. The Kier molecular flexibility index (Phi) is 3.24. The highest BCUT2D eigenvalue weighted by Gasteiger charge is 2.17. The SMILES string of the molecule is Cc1c(C)c(C)c2oc(-c3cccc4c(C)cccc34)nc2c1C. The van der Waals surface area contributed by atoms with Crippen molar-refractivity contribution in [1.29, 1.82) is 0 Å². The fourth-order valence-corrected chi connectivity index (χ4v) is 3.51. The molecule has 4 rings (SSSR count). The molecule has 0 N–H and O–H groups in total. The molecule has 1 aromatic heterocycles. The molecule has 0 saturated carbocycles. The average Bonchev–Trinajstić information content (AvgIpc) is 3.03. The van der Waals surface area contributed by atoms with Gasteiger partial charge in [0.25, 0.3) is 0 Å². The molecule has 0 atom stereocenters. The molecule has 0 bridgehead atoms. The van der Waals surface area contributed by atoms with Crippen LogP contribution in [0.2, 0.25) is 0 Å². The monoisotopic (exact) mass is 315 g/mol. The number of benzene rings is 3. The third-order valence-corrected chi connectivity index (χ3v) is 5.38. The molecule has 0 aliphatic heterocycles. The molecule has 0 aliphatic carbocycles. The molecule has 0 spiro atoms. The van der Waals surface area contributed by atoms with Crippen LogP contribution in [0.15, 0.2) is 40.8 Å². The summed E-state index contributed by atoms with van der Waals surface area (Å²) in [4.78, 5) is 4.86. The van der Waals surface area contributed by atoms with Gasteiger partial charge in [-0.2, -0.15) is 0 Å². The van der Waals surface area contributed by atoms with Crippen LogP contribution in [-0.2, 0) is 0 Å². The first-order valence-corrected chi connectivity index (χ1v) is 8.34. The van der Waals surface area contributed by atoms with E-state index in [2.05, 4.69) is 71.0 Å². The second kappa shape index (κ2) is 5.20. The summed E-state index contributed by atoms with van der Waals surface area (Å²) in [5, 5.41) is 2.44. The van der Waals surface area contributed by atoms with Gasteiger partial charge in [-0.1, -0.05) is 30.3 Å². The minimum atomic E-state index is 0.706. The summed E-state index contributed by atoms with van der Waals surface area (Å²) in [6.07, 6.45) is 0. The van der Waals surface area contributed by atoms with Crippen molar-refractivity contribution in [3.8, 4) is 11.5 Å². The van der Waals surface area contributed by atoms with Crippen molar-refractivity contribution in [2.24, 2.45) is 0 Å². The van der Waals surface area contributed by atoms with Gasteiger partial charge in [0.05, 0.1) is 0 Å². The lowest BCUT2D eigenvalue weighted by Crippen LogP contribution is -1.92. The van der Waals surface area contributed by atoms with Gasteiger partial charge in [0.1, 0.15) is 5.52 Å². The molecule has 0 amide bonds. The van der Waals surface area contributed by atoms with Crippen LogP contribution < -0.4 is 0 Å². The number of fused-ring (bicyclic) bond motifs is 2. The molecular weight excluding hydrogens is 294 g/mol. The van der Waals surface area contributed by atoms with Gasteiger partial charge in [-0.25, -0.2) is 4.98 Å². The van der Waals surface area contributed by atoms with Crippen molar-refractivity contribution >= 4 is 21.9 Å². The van der Waals surface area contributed by atoms with E-state index in [9.17, 15) is 0 Å². The van der Waals surface area contributed by atoms with E-state index < -0.39 is 0 Å². The number of aryl methyl sites for hydroxylation is 3. The van der Waals surface area contributed by atoms with Crippen molar-refractivity contribution < 1.29 is 4.42 Å². The molecule has 2 nitrogen and oxygen atoms in total. The molecule has 2 heteroatoms. The lowest BCUT2D eigenvalue weighted by molar-refractivity contribution is 0.617. The Morgan fingerprint density at radius 3 is 2.17 bits per heavy atom. The van der Waals surface area contributed by atoms with Gasteiger partial charge in [-0.15, -0.1) is 0 Å². The summed E-state index contributed by atoms with van der Waals surface area (Å²) in [7, 11) is 0. The van der Waals surface area contributed by atoms with E-state index in [1.807, 2.05) is 0 Å². The Morgan fingerprint density at radius 2 is 1.38 bits per heavy atom. The summed E-state index contributed by atoms with van der Waals surface area (Å²) < 4.78 is 6.24. The topological polar surface area (TPSA) is 26.0 Å². The van der Waals surface area contributed by atoms with Gasteiger partial charge < -0.3 is 4.42 Å². The smallest absolute Gasteiger partial charge is 0.227 e. The summed E-state index contributed by atoms with van der Waals surface area (Å²) >= 11 is 0. The summed E-state index contributed by atoms with van der Waals surface area (Å²) in [6, 6.07) is 12.7. The van der Waals surface area contributed by atoms with Gasteiger partial charge in [0.2, 0.25) is 5.89 Å². The fourth-order valence-electron chi connectivity index (χ4n) is 3.51. The molecule has 0 unspecified atom stereocenters. The lowest BCUT2D eigenvalue weighted by Gasteiger charge is -2.08. The molecule has 0 fully saturated rings. The van der Waals surface area contributed by atoms with Gasteiger partial charge in [0, 0.05) is 5.56 Å². The predicted molar refractivity (Wildman–Crippen MR) is 101 cm³/mol. The van der Waals surface area contributed by atoms with E-state index >= 15 is 0 Å². The fraction of sp³-hybridized carbons (Fsp3) is 0.227. The average molecular weight is 315 g/mol. The normalized spacial score (nSPS) is 11.5. The standard InChI is InChI=1S/C22H21NO/c1-12-8-6-10-18-17(12)9-7-11-19(18)22-23-20-15(4)13(2)14(3)16(5)21(20)24-22/h6-11H,1-5H3. The summed E-state index contributed by atoms with van der Waals surface area (Å²) in [6.45, 7) is 10.7. The zero-order valence-electron chi connectivity index (χ0n) is 14.8. The number of rotatable bonds is 1. The van der Waals surface area contributed by atoms with Crippen LogP contribution in [0.3, 0.4) is 0 Å². The third-order valence-electron chi connectivity index (χ3n) is 5.38. The van der Waals surface area contributed by atoms with Crippen LogP contribution in [0.4, 0.5) is 0 Å². The Morgan fingerprint density at radius 1 is 0.708 bits per heavy atom. The summed E-state index contributed by atoms with van der Waals surface area (Å²) in [5.41, 5.74) is 9.20. The molecule has 0 aliphatic rings. The third kappa shape index (κ3) is 1.99. The molecule has 0 radical (unpaired) electrons. The Balaban J connectivity index is 2.07. The first kappa shape index (κ1) is 14.9. The van der Waals surface area contributed by atoms with Crippen LogP contribution in [0, 0.1) is 34.6 Å². The number of nitrogens with zero attached hydrogens (tertiary/aromatic N) is 1. The second-order valence-electron chi connectivity index (χ2n) is 6.67. The molecular formula is C22H21NO. The molecule has 4 aromatic rings. The lowest BCUT2D eigenvalue weighted by atomic mass is 9.98. The van der Waals surface area contributed by atoms with E-state index in [0.717, 1.165) is 16.7 Å². The van der Waals surface area contributed by atoms with Crippen LogP contribution in [0.25, 0.3) is 33.3 Å². The maximum Gasteiger partial charge on any atom is 0.227 e. The highest BCUT2D eigenvalue weighted by atomic mass is 16.3. The quantitative estimate of drug-likeness (QED) is 0.418. The van der Waals surface area contributed by atoms with Crippen molar-refractivity contribution in [3.05, 3.63) is 64.2 Å². The first-order chi connectivity index (χ1) is 11.5. The Labute approximate surface area is 142 Å². The number of oxazole rings is 1. The molecule has 120 valence electrons. The van der Waals surface area contributed by atoms with Crippen molar-refractivity contribution in [3.63, 3.8) is 0 Å². The number of hydrogen-bond donors (Lipinski definition) is 0. The van der Waals surface area contributed by atoms with Crippen LogP contribution in [0.1, 0.15) is 27.8 Å². The highest BCUT2D eigenvalue weighted by molar-refractivity contribution is 5.97. The minimum Gasteiger partial charge on any atom is -0.436 e. The van der Waals surface area contributed by atoms with Gasteiger partial charge in [-0.3, -0.25) is 0 Å². The van der Waals surface area contributed by atoms with Crippen molar-refractivity contribution in [1.82, 2.24) is 4.98 Å². The predicted octanol–water partition coefficient (Wildman–Crippen LogP) is 6.19. The molecule has 24 heavy (non-hydrogen) atoms. The highest BCUT2D eigenvalue weighted by Crippen LogP contribution is 2.35. The maximum absolute atomic E-state index is 6.24. The van der Waals surface area contributed by atoms with Gasteiger partial charge in [-0.05, 0) is 79.3 Å². The zero-order valence-corrected chi connectivity index (χ0v) is 14.8. The molecule has 3 aromatic carbocycles. The Hall–Kier alpha value is -2.61. The van der Waals surface area contributed by atoms with E-state index in [-0.39, 0.29) is 0 Å². The first-order valence-electron chi connectivity index (χ1n) is 8.34. The van der Waals surface area contributed by atoms with Crippen LogP contribution >= 0.6 is 0 Å². The van der Waals surface area contributed by atoms with Crippen LogP contribution in [-0.4, -0.2) is 4.98 Å². The van der Waals surface area contributed by atoms with Gasteiger partial charge in [0.15, 0.2) is 5.58 Å². The minimum absolute atomic E-state index is 0.706. The van der Waals surface area contributed by atoms with E-state index in [1.54, 1.807) is 0 Å². The Bertz CT molecular complexity index is 1060. The van der Waals surface area contributed by atoms with E-state index in [4.69, 9.17) is 9.40 Å². The van der Waals surface area contributed by atoms with Gasteiger partial charge >= 0.3 is 0 Å². The second-order valence-corrected chi connectivity index (χ2v) is 6.67. The van der Waals surface area contributed by atoms with Crippen LogP contribution in [0.5, 0.6) is 0 Å². The summed E-state index contributed by atoms with van der Waals surface area (Å²) in [5.74, 6) is 0.706.